The lowest BCUT2D eigenvalue weighted by atomic mass is 9.96. The summed E-state index contributed by atoms with van der Waals surface area (Å²) in [6, 6.07) is 5.36. The standard InChI is InChI=1S/C22H33FN4O4S/c1-2-3-10-24-21(28)17-25-13-15-26(16-14-25)22(29)18-8-11-27(12-9-18)32(30,31)20-7-5-4-6-19(20)23/h4-7,18H,2-3,8-17H2,1H3,(H,24,28). The second-order valence-electron chi connectivity index (χ2n) is 8.41. The number of piperidine rings is 1. The first-order chi connectivity index (χ1) is 15.3. The third kappa shape index (κ3) is 6.05. The van der Waals surface area contributed by atoms with E-state index in [1.807, 2.05) is 4.90 Å². The van der Waals surface area contributed by atoms with Gasteiger partial charge in [0, 0.05) is 51.7 Å². The second kappa shape index (κ2) is 11.2. The van der Waals surface area contributed by atoms with Crippen LogP contribution in [0.15, 0.2) is 29.2 Å². The Bertz CT molecular complexity index is 895. The first-order valence-electron chi connectivity index (χ1n) is 11.4. The number of hydrogen-bond acceptors (Lipinski definition) is 5. The molecular formula is C22H33FN4O4S. The van der Waals surface area contributed by atoms with Gasteiger partial charge in [0.1, 0.15) is 10.7 Å². The van der Waals surface area contributed by atoms with E-state index in [9.17, 15) is 22.4 Å². The molecule has 0 spiro atoms. The van der Waals surface area contributed by atoms with E-state index in [4.69, 9.17) is 0 Å². The zero-order chi connectivity index (χ0) is 23.1. The minimum atomic E-state index is -3.91. The molecule has 0 aliphatic carbocycles. The number of sulfonamides is 1. The van der Waals surface area contributed by atoms with E-state index in [-0.39, 0.29) is 35.7 Å². The molecule has 10 heteroatoms. The molecule has 1 aromatic carbocycles. The van der Waals surface area contributed by atoms with Crippen LogP contribution in [0.4, 0.5) is 4.39 Å². The zero-order valence-corrected chi connectivity index (χ0v) is 19.4. The molecule has 2 amide bonds. The van der Waals surface area contributed by atoms with Gasteiger partial charge in [0.2, 0.25) is 21.8 Å². The van der Waals surface area contributed by atoms with Gasteiger partial charge in [-0.3, -0.25) is 14.5 Å². The molecule has 0 bridgehead atoms. The maximum atomic E-state index is 14.0. The lowest BCUT2D eigenvalue weighted by Gasteiger charge is -2.38. The van der Waals surface area contributed by atoms with Gasteiger partial charge in [0.05, 0.1) is 6.54 Å². The summed E-state index contributed by atoms with van der Waals surface area (Å²) >= 11 is 0. The summed E-state index contributed by atoms with van der Waals surface area (Å²) in [4.78, 5) is 28.5. The minimum absolute atomic E-state index is 0.0154. The molecule has 1 N–H and O–H groups in total. The monoisotopic (exact) mass is 468 g/mol. The Hall–Kier alpha value is -2.04. The number of carbonyl (C=O) groups excluding carboxylic acids is 2. The van der Waals surface area contributed by atoms with Crippen LogP contribution in [0.5, 0.6) is 0 Å². The minimum Gasteiger partial charge on any atom is -0.355 e. The highest BCUT2D eigenvalue weighted by Crippen LogP contribution is 2.26. The van der Waals surface area contributed by atoms with Crippen LogP contribution in [0.1, 0.15) is 32.6 Å². The number of unbranched alkanes of at least 4 members (excludes halogenated alkanes) is 1. The molecule has 2 aliphatic heterocycles. The van der Waals surface area contributed by atoms with Crippen molar-refractivity contribution in [2.45, 2.75) is 37.5 Å². The zero-order valence-electron chi connectivity index (χ0n) is 18.6. The molecule has 2 saturated heterocycles. The van der Waals surface area contributed by atoms with Crippen molar-refractivity contribution in [2.75, 3.05) is 52.4 Å². The average molecular weight is 469 g/mol. The number of rotatable bonds is 8. The van der Waals surface area contributed by atoms with Gasteiger partial charge >= 0.3 is 0 Å². The van der Waals surface area contributed by atoms with Gasteiger partial charge in [-0.25, -0.2) is 12.8 Å². The van der Waals surface area contributed by atoms with Crippen molar-refractivity contribution in [3.8, 4) is 0 Å². The molecule has 0 aromatic heterocycles. The SMILES string of the molecule is CCCCNC(=O)CN1CCN(C(=O)C2CCN(S(=O)(=O)c3ccccc3F)CC2)CC1. The van der Waals surface area contributed by atoms with E-state index in [1.165, 1.54) is 22.5 Å². The molecule has 0 unspecified atom stereocenters. The van der Waals surface area contributed by atoms with E-state index in [1.54, 1.807) is 0 Å². The Labute approximate surface area is 189 Å². The molecule has 2 aliphatic rings. The first-order valence-corrected chi connectivity index (χ1v) is 12.8. The Balaban J connectivity index is 1.45. The quantitative estimate of drug-likeness (QED) is 0.581. The van der Waals surface area contributed by atoms with Crippen molar-refractivity contribution >= 4 is 21.8 Å². The predicted molar refractivity (Wildman–Crippen MR) is 119 cm³/mol. The van der Waals surface area contributed by atoms with Crippen LogP contribution in [0.25, 0.3) is 0 Å². The summed E-state index contributed by atoms with van der Waals surface area (Å²) in [5.41, 5.74) is 0. The largest absolute Gasteiger partial charge is 0.355 e. The van der Waals surface area contributed by atoms with E-state index in [2.05, 4.69) is 17.1 Å². The molecule has 8 nitrogen and oxygen atoms in total. The number of nitrogens with zero attached hydrogens (tertiary/aromatic N) is 3. The predicted octanol–water partition coefficient (Wildman–Crippen LogP) is 1.29. The van der Waals surface area contributed by atoms with E-state index in [0.29, 0.717) is 52.1 Å². The van der Waals surface area contributed by atoms with Crippen LogP contribution in [0.2, 0.25) is 0 Å². The summed E-state index contributed by atoms with van der Waals surface area (Å²) < 4.78 is 40.7. The van der Waals surface area contributed by atoms with Gasteiger partial charge in [-0.2, -0.15) is 4.31 Å². The van der Waals surface area contributed by atoms with Gasteiger partial charge in [-0.15, -0.1) is 0 Å². The summed E-state index contributed by atoms with van der Waals surface area (Å²) in [6.45, 7) is 5.94. The molecule has 1 aromatic rings. The molecule has 0 saturated carbocycles. The van der Waals surface area contributed by atoms with E-state index >= 15 is 0 Å². The van der Waals surface area contributed by atoms with Crippen molar-refractivity contribution in [1.82, 2.24) is 19.4 Å². The van der Waals surface area contributed by atoms with E-state index in [0.717, 1.165) is 18.9 Å². The molecule has 0 atom stereocenters. The molecule has 0 radical (unpaired) electrons. The Morgan fingerprint density at radius 1 is 1.06 bits per heavy atom. The van der Waals surface area contributed by atoms with Crippen LogP contribution in [0, 0.1) is 11.7 Å². The molecular weight excluding hydrogens is 435 g/mol. The Kier molecular flexibility index (Phi) is 8.61. The van der Waals surface area contributed by atoms with Crippen LogP contribution < -0.4 is 5.32 Å². The first kappa shape index (κ1) is 24.6. The number of piperazine rings is 1. The van der Waals surface area contributed by atoms with Crippen molar-refractivity contribution in [2.24, 2.45) is 5.92 Å². The fourth-order valence-corrected chi connectivity index (χ4v) is 5.72. The fourth-order valence-electron chi connectivity index (χ4n) is 4.18. The highest BCUT2D eigenvalue weighted by Gasteiger charge is 2.35. The van der Waals surface area contributed by atoms with Gasteiger partial charge in [-0.1, -0.05) is 25.5 Å². The molecule has 2 fully saturated rings. The third-order valence-corrected chi connectivity index (χ3v) is 8.09. The van der Waals surface area contributed by atoms with Gasteiger partial charge in [0.25, 0.3) is 0 Å². The van der Waals surface area contributed by atoms with Crippen LogP contribution in [-0.2, 0) is 19.6 Å². The highest BCUT2D eigenvalue weighted by molar-refractivity contribution is 7.89. The second-order valence-corrected chi connectivity index (χ2v) is 10.3. The highest BCUT2D eigenvalue weighted by atomic mass is 32.2. The molecule has 32 heavy (non-hydrogen) atoms. The van der Waals surface area contributed by atoms with E-state index < -0.39 is 15.8 Å². The maximum Gasteiger partial charge on any atom is 0.245 e. The lowest BCUT2D eigenvalue weighted by Crippen LogP contribution is -2.53. The summed E-state index contributed by atoms with van der Waals surface area (Å²) in [7, 11) is -3.91. The lowest BCUT2D eigenvalue weighted by molar-refractivity contribution is -0.138. The Morgan fingerprint density at radius 3 is 2.34 bits per heavy atom. The van der Waals surface area contributed by atoms with Crippen molar-refractivity contribution in [1.29, 1.82) is 0 Å². The number of carbonyl (C=O) groups is 2. The molecule has 2 heterocycles. The Morgan fingerprint density at radius 2 is 1.72 bits per heavy atom. The number of hydrogen-bond donors (Lipinski definition) is 1. The van der Waals surface area contributed by atoms with Crippen molar-refractivity contribution in [3.63, 3.8) is 0 Å². The van der Waals surface area contributed by atoms with Crippen molar-refractivity contribution < 1.29 is 22.4 Å². The van der Waals surface area contributed by atoms with Crippen LogP contribution in [0.3, 0.4) is 0 Å². The molecule has 178 valence electrons. The number of nitrogens with one attached hydrogen (secondary N) is 1. The summed E-state index contributed by atoms with van der Waals surface area (Å²) in [5, 5.41) is 2.91. The van der Waals surface area contributed by atoms with Crippen LogP contribution >= 0.6 is 0 Å². The maximum absolute atomic E-state index is 14.0. The van der Waals surface area contributed by atoms with Gasteiger partial charge in [-0.05, 0) is 31.4 Å². The molecule has 3 rings (SSSR count). The normalized spacial score (nSPS) is 19.1. The average Bonchev–Trinajstić information content (AvgIpc) is 2.79. The topological polar surface area (TPSA) is 90.0 Å². The van der Waals surface area contributed by atoms with Crippen molar-refractivity contribution in [3.05, 3.63) is 30.1 Å². The summed E-state index contributed by atoms with van der Waals surface area (Å²) in [6.07, 6.45) is 2.85. The summed E-state index contributed by atoms with van der Waals surface area (Å²) in [5.74, 6) is -0.935. The number of benzene rings is 1. The third-order valence-electron chi connectivity index (χ3n) is 6.16. The number of halogens is 1. The van der Waals surface area contributed by atoms with Crippen LogP contribution in [-0.4, -0.2) is 86.7 Å². The van der Waals surface area contributed by atoms with Gasteiger partial charge < -0.3 is 10.2 Å². The smallest absolute Gasteiger partial charge is 0.245 e. The number of amides is 2. The van der Waals surface area contributed by atoms with Gasteiger partial charge in [0.15, 0.2) is 0 Å². The fraction of sp³-hybridized carbons (Fsp3) is 0.636.